The third-order valence-corrected chi connectivity index (χ3v) is 5.13. The first-order valence-corrected chi connectivity index (χ1v) is 9.85. The predicted octanol–water partition coefficient (Wildman–Crippen LogP) is 6.62. The average Bonchev–Trinajstić information content (AvgIpc) is 2.76. The van der Waals surface area contributed by atoms with Gasteiger partial charge in [-0.15, -0.1) is 0 Å². The maximum atomic E-state index is 13.1. The van der Waals surface area contributed by atoms with Gasteiger partial charge >= 0.3 is 0 Å². The lowest BCUT2D eigenvalue weighted by Gasteiger charge is -2.12. The molecule has 0 aromatic heterocycles. The molecule has 0 bridgehead atoms. The van der Waals surface area contributed by atoms with E-state index in [0.717, 1.165) is 33.3 Å². The summed E-state index contributed by atoms with van der Waals surface area (Å²) in [7, 11) is 0. The van der Waals surface area contributed by atoms with Gasteiger partial charge < -0.3 is 4.74 Å². The number of anilines is 1. The molecule has 4 aromatic rings. The van der Waals surface area contributed by atoms with Crippen molar-refractivity contribution in [3.8, 4) is 5.75 Å². The Labute approximate surface area is 175 Å². The normalized spacial score (nSPS) is 11.2. The maximum Gasteiger partial charge on any atom is 0.129 e. The van der Waals surface area contributed by atoms with E-state index >= 15 is 0 Å². The van der Waals surface area contributed by atoms with Crippen LogP contribution < -0.4 is 10.2 Å². The summed E-state index contributed by atoms with van der Waals surface area (Å²) >= 11 is 0. The molecule has 0 atom stereocenters. The van der Waals surface area contributed by atoms with Gasteiger partial charge in [-0.2, -0.15) is 5.10 Å². The Hall–Kier alpha value is -3.66. The molecule has 0 heterocycles. The van der Waals surface area contributed by atoms with E-state index in [1.54, 1.807) is 18.3 Å². The number of halogens is 1. The monoisotopic (exact) mass is 398 g/mol. The van der Waals surface area contributed by atoms with E-state index in [9.17, 15) is 4.39 Å². The largest absolute Gasteiger partial charge is 0.488 e. The van der Waals surface area contributed by atoms with E-state index in [0.29, 0.717) is 6.61 Å². The van der Waals surface area contributed by atoms with Crippen molar-refractivity contribution in [3.05, 3.63) is 107 Å². The molecule has 0 aliphatic rings. The summed E-state index contributed by atoms with van der Waals surface area (Å²) in [4.78, 5) is 0. The molecule has 4 heteroatoms. The third kappa shape index (κ3) is 4.49. The first kappa shape index (κ1) is 19.6. The van der Waals surface area contributed by atoms with Gasteiger partial charge in [0.05, 0.1) is 11.9 Å². The fraction of sp³-hybridized carbons (Fsp3) is 0.115. The summed E-state index contributed by atoms with van der Waals surface area (Å²) in [5.74, 6) is 0.471. The Bertz CT molecular complexity index is 1200. The van der Waals surface area contributed by atoms with Crippen LogP contribution in [0.15, 0.2) is 84.0 Å². The van der Waals surface area contributed by atoms with Gasteiger partial charge in [-0.3, -0.25) is 5.43 Å². The molecule has 4 aromatic carbocycles. The summed E-state index contributed by atoms with van der Waals surface area (Å²) in [6.45, 7) is 4.52. The molecule has 0 amide bonds. The second-order valence-electron chi connectivity index (χ2n) is 7.28. The summed E-state index contributed by atoms with van der Waals surface area (Å²) < 4.78 is 19.2. The van der Waals surface area contributed by atoms with Gasteiger partial charge in [-0.05, 0) is 71.6 Å². The summed E-state index contributed by atoms with van der Waals surface area (Å²) in [5.41, 5.74) is 8.29. The Balaban J connectivity index is 1.61. The van der Waals surface area contributed by atoms with Crippen LogP contribution >= 0.6 is 0 Å². The molecule has 0 aliphatic heterocycles. The lowest BCUT2D eigenvalue weighted by atomic mass is 10.0. The van der Waals surface area contributed by atoms with E-state index in [2.05, 4.69) is 48.6 Å². The number of aryl methyl sites for hydroxylation is 2. The molecule has 30 heavy (non-hydrogen) atoms. The second-order valence-corrected chi connectivity index (χ2v) is 7.28. The van der Waals surface area contributed by atoms with E-state index in [4.69, 9.17) is 4.74 Å². The molecule has 4 rings (SSSR count). The van der Waals surface area contributed by atoms with Gasteiger partial charge in [0.2, 0.25) is 0 Å². The molecule has 0 aliphatic carbocycles. The first-order valence-electron chi connectivity index (χ1n) is 9.85. The molecule has 0 radical (unpaired) electrons. The Morgan fingerprint density at radius 2 is 1.70 bits per heavy atom. The van der Waals surface area contributed by atoms with Crippen molar-refractivity contribution in [2.45, 2.75) is 20.5 Å². The van der Waals surface area contributed by atoms with Crippen LogP contribution in [0.1, 0.15) is 22.3 Å². The minimum absolute atomic E-state index is 0.255. The highest BCUT2D eigenvalue weighted by Crippen LogP contribution is 2.27. The van der Waals surface area contributed by atoms with Crippen LogP contribution in [0.4, 0.5) is 10.1 Å². The van der Waals surface area contributed by atoms with Gasteiger partial charge in [0.1, 0.15) is 18.2 Å². The zero-order valence-corrected chi connectivity index (χ0v) is 17.0. The molecule has 0 saturated carbocycles. The van der Waals surface area contributed by atoms with Crippen LogP contribution in [0.5, 0.6) is 5.75 Å². The number of rotatable bonds is 6. The zero-order valence-electron chi connectivity index (χ0n) is 17.0. The lowest BCUT2D eigenvalue weighted by molar-refractivity contribution is 0.306. The van der Waals surface area contributed by atoms with Crippen molar-refractivity contribution in [1.82, 2.24) is 0 Å². The van der Waals surface area contributed by atoms with Crippen LogP contribution in [0, 0.1) is 19.7 Å². The van der Waals surface area contributed by atoms with Crippen molar-refractivity contribution in [3.63, 3.8) is 0 Å². The van der Waals surface area contributed by atoms with E-state index in [-0.39, 0.29) is 5.82 Å². The van der Waals surface area contributed by atoms with E-state index in [1.165, 1.54) is 23.3 Å². The Morgan fingerprint density at radius 1 is 0.900 bits per heavy atom. The van der Waals surface area contributed by atoms with Crippen molar-refractivity contribution in [2.24, 2.45) is 5.10 Å². The maximum absolute atomic E-state index is 13.1. The van der Waals surface area contributed by atoms with Gasteiger partial charge in [0.25, 0.3) is 0 Å². The number of hydrogen-bond acceptors (Lipinski definition) is 3. The summed E-state index contributed by atoms with van der Waals surface area (Å²) in [6.07, 6.45) is 1.79. The minimum Gasteiger partial charge on any atom is -0.488 e. The predicted molar refractivity (Wildman–Crippen MR) is 122 cm³/mol. The summed E-state index contributed by atoms with van der Waals surface area (Å²) in [5, 5.41) is 6.62. The molecular formula is C26H23FN2O. The Kier molecular flexibility index (Phi) is 5.75. The fourth-order valence-electron chi connectivity index (χ4n) is 3.26. The van der Waals surface area contributed by atoms with E-state index in [1.807, 2.05) is 30.3 Å². The third-order valence-electron chi connectivity index (χ3n) is 5.13. The first-order chi connectivity index (χ1) is 14.6. The highest BCUT2D eigenvalue weighted by molar-refractivity contribution is 6.02. The standard InChI is InChI=1S/C26H23FN2O/c1-18-7-13-23(15-19(18)2)29-28-16-25-24-6-4-3-5-21(24)10-14-26(25)30-17-20-8-11-22(27)12-9-20/h3-16,29H,17H2,1-2H3. The fourth-order valence-corrected chi connectivity index (χ4v) is 3.26. The Morgan fingerprint density at radius 3 is 2.50 bits per heavy atom. The molecule has 1 N–H and O–H groups in total. The highest BCUT2D eigenvalue weighted by atomic mass is 19.1. The van der Waals surface area contributed by atoms with Crippen LogP contribution in [-0.4, -0.2) is 6.21 Å². The van der Waals surface area contributed by atoms with Crippen molar-refractivity contribution in [1.29, 1.82) is 0 Å². The van der Waals surface area contributed by atoms with Crippen LogP contribution in [-0.2, 0) is 6.61 Å². The van der Waals surface area contributed by atoms with E-state index < -0.39 is 0 Å². The number of hydrogen-bond donors (Lipinski definition) is 1. The van der Waals surface area contributed by atoms with Crippen LogP contribution in [0.3, 0.4) is 0 Å². The lowest BCUT2D eigenvalue weighted by Crippen LogP contribution is -2.00. The van der Waals surface area contributed by atoms with Gasteiger partial charge in [0.15, 0.2) is 0 Å². The van der Waals surface area contributed by atoms with Crippen molar-refractivity contribution >= 4 is 22.7 Å². The average molecular weight is 398 g/mol. The second kappa shape index (κ2) is 8.78. The number of hydrazone groups is 1. The van der Waals surface area contributed by atoms with Crippen molar-refractivity contribution < 1.29 is 9.13 Å². The number of benzene rings is 4. The number of ether oxygens (including phenoxy) is 1. The quantitative estimate of drug-likeness (QED) is 0.292. The molecule has 0 fully saturated rings. The van der Waals surface area contributed by atoms with Crippen LogP contribution in [0.25, 0.3) is 10.8 Å². The molecule has 150 valence electrons. The SMILES string of the molecule is Cc1ccc(NN=Cc2c(OCc3ccc(F)cc3)ccc3ccccc23)cc1C. The summed E-state index contributed by atoms with van der Waals surface area (Å²) in [6, 6.07) is 24.6. The molecule has 0 saturated heterocycles. The smallest absolute Gasteiger partial charge is 0.129 e. The molecule has 0 spiro atoms. The number of nitrogens with zero attached hydrogens (tertiary/aromatic N) is 1. The minimum atomic E-state index is -0.255. The molecule has 3 nitrogen and oxygen atoms in total. The van der Waals surface area contributed by atoms with Crippen molar-refractivity contribution in [2.75, 3.05) is 5.43 Å². The number of fused-ring (bicyclic) bond motifs is 1. The van der Waals surface area contributed by atoms with Gasteiger partial charge in [-0.1, -0.05) is 48.5 Å². The van der Waals surface area contributed by atoms with Gasteiger partial charge in [0, 0.05) is 5.56 Å². The molecule has 0 unspecified atom stereocenters. The van der Waals surface area contributed by atoms with Gasteiger partial charge in [-0.25, -0.2) is 4.39 Å². The zero-order chi connectivity index (χ0) is 20.9. The molecular weight excluding hydrogens is 375 g/mol. The topological polar surface area (TPSA) is 33.6 Å². The number of nitrogens with one attached hydrogen (secondary N) is 1. The highest BCUT2D eigenvalue weighted by Gasteiger charge is 2.08. The van der Waals surface area contributed by atoms with Crippen LogP contribution in [0.2, 0.25) is 0 Å².